The summed E-state index contributed by atoms with van der Waals surface area (Å²) >= 11 is 0. The normalized spacial score (nSPS) is 25.3. The van der Waals surface area contributed by atoms with Crippen LogP contribution in [0.2, 0.25) is 0 Å². The molecule has 1 rings (SSSR count). The number of piperidine rings is 1. The Morgan fingerprint density at radius 1 is 1.69 bits per heavy atom. The maximum atomic E-state index is 11.0. The third kappa shape index (κ3) is 2.69. The fraction of sp³-hybridized carbons (Fsp3) is 0.800. The van der Waals surface area contributed by atoms with Crippen molar-refractivity contribution in [1.29, 1.82) is 0 Å². The Balaban J connectivity index is 2.44. The molecule has 0 aromatic rings. The Labute approximate surface area is 80.5 Å². The maximum Gasteiger partial charge on any atom is 0.223 e. The van der Waals surface area contributed by atoms with E-state index < -0.39 is 0 Å². The molecule has 1 fully saturated rings. The lowest BCUT2D eigenvalue weighted by Gasteiger charge is -2.34. The average molecular weight is 183 g/mol. The molecule has 1 N–H and O–H groups in total. The Kier molecular flexibility index (Phi) is 3.72. The van der Waals surface area contributed by atoms with Crippen molar-refractivity contribution in [2.75, 3.05) is 20.1 Å². The molecule has 1 radical (unpaired) electrons. The van der Waals surface area contributed by atoms with E-state index in [9.17, 15) is 4.79 Å². The Bertz CT molecular complexity index is 176. The Morgan fingerprint density at radius 2 is 2.38 bits per heavy atom. The lowest BCUT2D eigenvalue weighted by Crippen LogP contribution is -2.44. The van der Waals surface area contributed by atoms with Gasteiger partial charge in [0.25, 0.3) is 0 Å². The molecule has 13 heavy (non-hydrogen) atoms. The third-order valence-electron chi connectivity index (χ3n) is 3.02. The number of carbonyl (C=O) groups excluding carboxylic acids is 1. The summed E-state index contributed by atoms with van der Waals surface area (Å²) in [5.41, 5.74) is 0. The fourth-order valence-corrected chi connectivity index (χ4v) is 1.83. The van der Waals surface area contributed by atoms with E-state index in [0.29, 0.717) is 12.0 Å². The van der Waals surface area contributed by atoms with Crippen molar-refractivity contribution in [1.82, 2.24) is 10.2 Å². The van der Waals surface area contributed by atoms with E-state index in [1.807, 2.05) is 7.05 Å². The molecule has 3 heteroatoms. The summed E-state index contributed by atoms with van der Waals surface area (Å²) in [4.78, 5) is 12.8. The second-order valence-electron chi connectivity index (χ2n) is 3.85. The van der Waals surface area contributed by atoms with Gasteiger partial charge in [-0.15, -0.1) is 0 Å². The van der Waals surface area contributed by atoms with Gasteiger partial charge < -0.3 is 10.2 Å². The zero-order chi connectivity index (χ0) is 9.84. The first kappa shape index (κ1) is 10.5. The highest BCUT2D eigenvalue weighted by Gasteiger charge is 2.23. The SMILES string of the molecule is [CH2]C(=O)N(C)C(C)C1CCCNC1. The monoisotopic (exact) mass is 183 g/mol. The van der Waals surface area contributed by atoms with Crippen LogP contribution in [0.4, 0.5) is 0 Å². The van der Waals surface area contributed by atoms with Gasteiger partial charge in [-0.1, -0.05) is 0 Å². The van der Waals surface area contributed by atoms with Crippen molar-refractivity contribution in [3.05, 3.63) is 6.92 Å². The van der Waals surface area contributed by atoms with Crippen LogP contribution >= 0.6 is 0 Å². The van der Waals surface area contributed by atoms with Crippen molar-refractivity contribution in [2.45, 2.75) is 25.8 Å². The van der Waals surface area contributed by atoms with Crippen LogP contribution in [0.1, 0.15) is 19.8 Å². The lowest BCUT2D eigenvalue weighted by molar-refractivity contribution is -0.127. The minimum absolute atomic E-state index is 0.0851. The molecule has 0 aliphatic carbocycles. The first-order chi connectivity index (χ1) is 6.13. The topological polar surface area (TPSA) is 32.3 Å². The molecule has 0 saturated carbocycles. The number of nitrogens with zero attached hydrogens (tertiary/aromatic N) is 1. The van der Waals surface area contributed by atoms with Gasteiger partial charge in [0.15, 0.2) is 0 Å². The molecular weight excluding hydrogens is 164 g/mol. The molecule has 1 aliphatic rings. The van der Waals surface area contributed by atoms with Gasteiger partial charge in [0, 0.05) is 20.0 Å². The van der Waals surface area contributed by atoms with E-state index in [0.717, 1.165) is 13.1 Å². The zero-order valence-electron chi connectivity index (χ0n) is 8.55. The second-order valence-corrected chi connectivity index (χ2v) is 3.85. The number of amides is 1. The van der Waals surface area contributed by atoms with Gasteiger partial charge in [0.05, 0.1) is 0 Å². The van der Waals surface area contributed by atoms with E-state index >= 15 is 0 Å². The molecule has 0 bridgehead atoms. The van der Waals surface area contributed by atoms with E-state index in [-0.39, 0.29) is 5.91 Å². The van der Waals surface area contributed by atoms with Gasteiger partial charge in [0.1, 0.15) is 0 Å². The van der Waals surface area contributed by atoms with Crippen LogP contribution in [0, 0.1) is 12.8 Å². The molecular formula is C10H19N2O. The lowest BCUT2D eigenvalue weighted by atomic mass is 9.92. The number of nitrogens with one attached hydrogen (secondary N) is 1. The highest BCUT2D eigenvalue weighted by Crippen LogP contribution is 2.17. The number of hydrogen-bond donors (Lipinski definition) is 1. The minimum atomic E-state index is -0.0851. The van der Waals surface area contributed by atoms with Crippen LogP contribution in [0.3, 0.4) is 0 Å². The van der Waals surface area contributed by atoms with Gasteiger partial charge >= 0.3 is 0 Å². The van der Waals surface area contributed by atoms with Crippen LogP contribution in [-0.4, -0.2) is 37.0 Å². The van der Waals surface area contributed by atoms with E-state index in [1.165, 1.54) is 12.8 Å². The zero-order valence-corrected chi connectivity index (χ0v) is 8.55. The molecule has 0 aromatic heterocycles. The van der Waals surface area contributed by atoms with Gasteiger partial charge in [0.2, 0.25) is 5.91 Å². The number of rotatable bonds is 2. The number of hydrogen-bond acceptors (Lipinski definition) is 2. The van der Waals surface area contributed by atoms with Crippen molar-refractivity contribution in [3.8, 4) is 0 Å². The van der Waals surface area contributed by atoms with Gasteiger partial charge in [-0.25, -0.2) is 0 Å². The van der Waals surface area contributed by atoms with Crippen LogP contribution < -0.4 is 5.32 Å². The highest BCUT2D eigenvalue weighted by atomic mass is 16.2. The summed E-state index contributed by atoms with van der Waals surface area (Å²) in [6, 6.07) is 0.304. The van der Waals surface area contributed by atoms with Crippen LogP contribution in [0.15, 0.2) is 0 Å². The quantitative estimate of drug-likeness (QED) is 0.682. The summed E-state index contributed by atoms with van der Waals surface area (Å²) in [6.45, 7) is 7.66. The maximum absolute atomic E-state index is 11.0. The van der Waals surface area contributed by atoms with Crippen LogP contribution in [-0.2, 0) is 4.79 Å². The smallest absolute Gasteiger partial charge is 0.223 e. The molecule has 2 atom stereocenters. The highest BCUT2D eigenvalue weighted by molar-refractivity contribution is 5.80. The second kappa shape index (κ2) is 4.61. The van der Waals surface area contributed by atoms with Gasteiger partial charge in [-0.3, -0.25) is 4.79 Å². The van der Waals surface area contributed by atoms with Gasteiger partial charge in [-0.05, 0) is 38.8 Å². The van der Waals surface area contributed by atoms with E-state index in [2.05, 4.69) is 19.2 Å². The molecule has 1 heterocycles. The molecule has 75 valence electrons. The Hall–Kier alpha value is -0.570. The van der Waals surface area contributed by atoms with E-state index in [1.54, 1.807) is 4.90 Å². The minimum Gasteiger partial charge on any atom is -0.343 e. The van der Waals surface area contributed by atoms with E-state index in [4.69, 9.17) is 0 Å². The first-order valence-corrected chi connectivity index (χ1v) is 4.92. The summed E-state index contributed by atoms with van der Waals surface area (Å²) in [7, 11) is 1.83. The van der Waals surface area contributed by atoms with Crippen molar-refractivity contribution in [2.24, 2.45) is 5.92 Å². The predicted molar refractivity (Wildman–Crippen MR) is 53.2 cm³/mol. The molecule has 0 aromatic carbocycles. The third-order valence-corrected chi connectivity index (χ3v) is 3.02. The predicted octanol–water partition coefficient (Wildman–Crippen LogP) is 0.667. The number of carbonyl (C=O) groups is 1. The van der Waals surface area contributed by atoms with Gasteiger partial charge in [-0.2, -0.15) is 0 Å². The molecule has 1 amide bonds. The first-order valence-electron chi connectivity index (χ1n) is 4.92. The standard InChI is InChI=1S/C10H19N2O/c1-8(12(3)9(2)13)10-5-4-6-11-7-10/h8,10-11H,2,4-7H2,1,3H3. The molecule has 0 spiro atoms. The summed E-state index contributed by atoms with van der Waals surface area (Å²) in [5.74, 6) is 0.502. The molecule has 1 aliphatic heterocycles. The Morgan fingerprint density at radius 3 is 2.85 bits per heavy atom. The molecule has 1 saturated heterocycles. The van der Waals surface area contributed by atoms with Crippen molar-refractivity contribution >= 4 is 5.91 Å². The average Bonchev–Trinajstić information content (AvgIpc) is 2.17. The molecule has 2 unspecified atom stereocenters. The fourth-order valence-electron chi connectivity index (χ4n) is 1.83. The molecule has 3 nitrogen and oxygen atoms in total. The summed E-state index contributed by atoms with van der Waals surface area (Å²) < 4.78 is 0. The summed E-state index contributed by atoms with van der Waals surface area (Å²) in [5, 5.41) is 3.35. The largest absolute Gasteiger partial charge is 0.343 e. The van der Waals surface area contributed by atoms with Crippen LogP contribution in [0.25, 0.3) is 0 Å². The van der Waals surface area contributed by atoms with Crippen molar-refractivity contribution in [3.63, 3.8) is 0 Å². The van der Waals surface area contributed by atoms with Crippen LogP contribution in [0.5, 0.6) is 0 Å². The van der Waals surface area contributed by atoms with Crippen molar-refractivity contribution < 1.29 is 4.79 Å². The summed E-state index contributed by atoms with van der Waals surface area (Å²) in [6.07, 6.45) is 2.43.